The maximum Gasteiger partial charge on any atom is 0.163 e. The third-order valence-corrected chi connectivity index (χ3v) is 5.27. The summed E-state index contributed by atoms with van der Waals surface area (Å²) in [4.78, 5) is 16.7. The van der Waals surface area contributed by atoms with Crippen molar-refractivity contribution < 1.29 is 0 Å². The molecule has 0 bridgehead atoms. The van der Waals surface area contributed by atoms with Crippen LogP contribution in [0.25, 0.3) is 16.9 Å². The van der Waals surface area contributed by atoms with E-state index in [4.69, 9.17) is 4.98 Å². The van der Waals surface area contributed by atoms with Gasteiger partial charge in [-0.05, 0) is 57.3 Å². The molecule has 7 nitrogen and oxygen atoms in total. The zero-order valence-corrected chi connectivity index (χ0v) is 16.5. The van der Waals surface area contributed by atoms with Crippen LogP contribution in [0.4, 0.5) is 11.5 Å². The molecule has 1 aliphatic heterocycles. The van der Waals surface area contributed by atoms with Crippen molar-refractivity contribution in [3.05, 3.63) is 48.1 Å². The fraction of sp³-hybridized carbons (Fsp3) is 0.381. The number of aromatic amines is 1. The maximum atomic E-state index is 4.70. The number of H-pyrrole nitrogens is 1. The molecule has 1 aliphatic rings. The first kappa shape index (κ1) is 18.4. The molecule has 3 heterocycles. The summed E-state index contributed by atoms with van der Waals surface area (Å²) < 4.78 is 0. The second-order valence-electron chi connectivity index (χ2n) is 7.50. The number of rotatable bonds is 6. The lowest BCUT2D eigenvalue weighted by molar-refractivity contribution is 0.370. The number of hydrogen-bond donors (Lipinski definition) is 4. The van der Waals surface area contributed by atoms with Crippen LogP contribution in [0.1, 0.15) is 29.8 Å². The summed E-state index contributed by atoms with van der Waals surface area (Å²) in [7, 11) is 0. The second-order valence-corrected chi connectivity index (χ2v) is 7.50. The Morgan fingerprint density at radius 1 is 1.21 bits per heavy atom. The Morgan fingerprint density at radius 3 is 2.82 bits per heavy atom. The minimum absolute atomic E-state index is 0.670. The van der Waals surface area contributed by atoms with E-state index in [2.05, 4.69) is 69.5 Å². The van der Waals surface area contributed by atoms with Gasteiger partial charge in [0.1, 0.15) is 6.33 Å². The van der Waals surface area contributed by atoms with E-state index in [1.165, 1.54) is 18.4 Å². The van der Waals surface area contributed by atoms with Crippen LogP contribution in [-0.4, -0.2) is 39.6 Å². The Kier molecular flexibility index (Phi) is 5.25. The summed E-state index contributed by atoms with van der Waals surface area (Å²) in [5.41, 5.74) is 5.60. The normalized spacial score (nSPS) is 14.9. The van der Waals surface area contributed by atoms with Crippen LogP contribution in [0.5, 0.6) is 0 Å². The van der Waals surface area contributed by atoms with E-state index in [0.29, 0.717) is 28.7 Å². The van der Waals surface area contributed by atoms with Crippen molar-refractivity contribution in [2.75, 3.05) is 25.0 Å². The largest absolute Gasteiger partial charge is 0.382 e. The summed E-state index contributed by atoms with van der Waals surface area (Å²) in [6, 6.07) is 6.28. The Bertz CT molecular complexity index is 986. The molecule has 0 aliphatic carbocycles. The lowest BCUT2D eigenvalue weighted by atomic mass is 9.98. The molecular weight excluding hydrogens is 350 g/mol. The molecule has 0 atom stereocenters. The number of imidazole rings is 1. The molecular formula is C21H27N7. The van der Waals surface area contributed by atoms with Crippen LogP contribution in [-0.2, 0) is 0 Å². The lowest BCUT2D eigenvalue weighted by Crippen LogP contribution is -2.33. The van der Waals surface area contributed by atoms with Gasteiger partial charge in [0.05, 0.1) is 5.70 Å². The van der Waals surface area contributed by atoms with E-state index in [1.807, 2.05) is 0 Å². The van der Waals surface area contributed by atoms with Crippen LogP contribution in [0.3, 0.4) is 0 Å². The van der Waals surface area contributed by atoms with Crippen LogP contribution < -0.4 is 16.0 Å². The predicted octanol–water partition coefficient (Wildman–Crippen LogP) is 3.27. The number of anilines is 2. The Hall–Kier alpha value is -2.93. The van der Waals surface area contributed by atoms with Crippen molar-refractivity contribution in [2.24, 2.45) is 5.92 Å². The molecule has 3 aromatic rings. The van der Waals surface area contributed by atoms with E-state index in [0.717, 1.165) is 36.6 Å². The molecule has 7 heteroatoms. The molecule has 0 spiro atoms. The fourth-order valence-corrected chi connectivity index (χ4v) is 3.58. The first-order chi connectivity index (χ1) is 13.6. The highest BCUT2D eigenvalue weighted by atomic mass is 15.1. The summed E-state index contributed by atoms with van der Waals surface area (Å²) in [6.45, 7) is 11.4. The monoisotopic (exact) mass is 377 g/mol. The standard InChI is InChI=1S/C21H27N7/c1-13-4-5-17(14(2)10-13)26-20-18-21(25-12-24-20)28-19(27-18)15(3)23-11-16-6-8-22-9-7-16/h4-5,10,12,16,22-23H,3,6-9,11H2,1-2H3,(H2,24,25,26,27,28). The quantitative estimate of drug-likeness (QED) is 0.527. The van der Waals surface area contributed by atoms with E-state index in [-0.39, 0.29) is 0 Å². The highest BCUT2D eigenvalue weighted by Crippen LogP contribution is 2.25. The Balaban J connectivity index is 1.52. The van der Waals surface area contributed by atoms with Gasteiger partial charge < -0.3 is 20.9 Å². The van der Waals surface area contributed by atoms with Crippen molar-refractivity contribution in [2.45, 2.75) is 26.7 Å². The van der Waals surface area contributed by atoms with Gasteiger partial charge in [-0.15, -0.1) is 0 Å². The smallest absolute Gasteiger partial charge is 0.163 e. The van der Waals surface area contributed by atoms with Gasteiger partial charge >= 0.3 is 0 Å². The number of fused-ring (bicyclic) bond motifs is 1. The first-order valence-corrected chi connectivity index (χ1v) is 9.79. The van der Waals surface area contributed by atoms with Crippen LogP contribution in [0, 0.1) is 19.8 Å². The molecule has 0 amide bonds. The van der Waals surface area contributed by atoms with E-state index < -0.39 is 0 Å². The molecule has 4 rings (SSSR count). The van der Waals surface area contributed by atoms with Crippen molar-refractivity contribution in [3.63, 3.8) is 0 Å². The second kappa shape index (κ2) is 7.98. The van der Waals surface area contributed by atoms with Gasteiger partial charge in [0.2, 0.25) is 0 Å². The molecule has 4 N–H and O–H groups in total. The maximum absolute atomic E-state index is 4.70. The summed E-state index contributed by atoms with van der Waals surface area (Å²) >= 11 is 0. The molecule has 0 radical (unpaired) electrons. The van der Waals surface area contributed by atoms with E-state index in [1.54, 1.807) is 6.33 Å². The van der Waals surface area contributed by atoms with Gasteiger partial charge in [-0.25, -0.2) is 15.0 Å². The molecule has 1 fully saturated rings. The van der Waals surface area contributed by atoms with Gasteiger partial charge in [0, 0.05) is 12.2 Å². The van der Waals surface area contributed by atoms with Crippen molar-refractivity contribution >= 4 is 28.4 Å². The van der Waals surface area contributed by atoms with E-state index in [9.17, 15) is 0 Å². The fourth-order valence-electron chi connectivity index (χ4n) is 3.58. The molecule has 2 aromatic heterocycles. The SMILES string of the molecule is C=C(NCC1CCNCC1)c1nc2c(Nc3ccc(C)cc3C)ncnc2[nH]1. The summed E-state index contributed by atoms with van der Waals surface area (Å²) in [5, 5.41) is 10.2. The number of aryl methyl sites for hydroxylation is 2. The minimum atomic E-state index is 0.670. The molecule has 146 valence electrons. The number of hydrogen-bond acceptors (Lipinski definition) is 6. The zero-order valence-electron chi connectivity index (χ0n) is 16.5. The number of nitrogens with zero attached hydrogens (tertiary/aromatic N) is 3. The predicted molar refractivity (Wildman–Crippen MR) is 114 cm³/mol. The third-order valence-electron chi connectivity index (χ3n) is 5.27. The van der Waals surface area contributed by atoms with Crippen LogP contribution >= 0.6 is 0 Å². The third kappa shape index (κ3) is 3.99. The topological polar surface area (TPSA) is 90.6 Å². The van der Waals surface area contributed by atoms with Gasteiger partial charge in [-0.3, -0.25) is 0 Å². The molecule has 28 heavy (non-hydrogen) atoms. The summed E-state index contributed by atoms with van der Waals surface area (Å²) in [6.07, 6.45) is 3.92. The van der Waals surface area contributed by atoms with Crippen molar-refractivity contribution in [1.82, 2.24) is 30.6 Å². The molecule has 1 aromatic carbocycles. The minimum Gasteiger partial charge on any atom is -0.382 e. The lowest BCUT2D eigenvalue weighted by Gasteiger charge is -2.23. The van der Waals surface area contributed by atoms with Crippen LogP contribution in [0.15, 0.2) is 31.1 Å². The highest BCUT2D eigenvalue weighted by molar-refractivity contribution is 5.86. The van der Waals surface area contributed by atoms with Gasteiger partial charge in [-0.1, -0.05) is 24.3 Å². The van der Waals surface area contributed by atoms with Gasteiger partial charge in [0.15, 0.2) is 22.8 Å². The van der Waals surface area contributed by atoms with Gasteiger partial charge in [0.25, 0.3) is 0 Å². The first-order valence-electron chi connectivity index (χ1n) is 9.79. The van der Waals surface area contributed by atoms with Crippen molar-refractivity contribution in [3.8, 4) is 0 Å². The summed E-state index contributed by atoms with van der Waals surface area (Å²) in [5.74, 6) is 2.06. The van der Waals surface area contributed by atoms with Crippen LogP contribution in [0.2, 0.25) is 0 Å². The number of aromatic nitrogens is 4. The highest BCUT2D eigenvalue weighted by Gasteiger charge is 2.15. The average molecular weight is 377 g/mol. The number of nitrogens with one attached hydrogen (secondary N) is 4. The Morgan fingerprint density at radius 2 is 2.04 bits per heavy atom. The van der Waals surface area contributed by atoms with Crippen molar-refractivity contribution in [1.29, 1.82) is 0 Å². The molecule has 0 saturated carbocycles. The number of piperidine rings is 1. The number of benzene rings is 1. The molecule has 0 unspecified atom stereocenters. The van der Waals surface area contributed by atoms with Gasteiger partial charge in [-0.2, -0.15) is 0 Å². The molecule has 1 saturated heterocycles. The van der Waals surface area contributed by atoms with E-state index >= 15 is 0 Å². The Labute approximate surface area is 165 Å². The zero-order chi connectivity index (χ0) is 19.5. The average Bonchev–Trinajstić information content (AvgIpc) is 3.14.